The summed E-state index contributed by atoms with van der Waals surface area (Å²) in [6.45, 7) is 3.48. The van der Waals surface area contributed by atoms with Crippen LogP contribution in [-0.2, 0) is 4.74 Å². The SMILES string of the molecule is CC1=C(C)OC(=O)N(c2cc(Cl)c(Cl)c(Cl)c2)N1. The number of ether oxygens (including phenoxy) is 1. The van der Waals surface area contributed by atoms with Crippen LogP contribution in [-0.4, -0.2) is 6.09 Å². The van der Waals surface area contributed by atoms with E-state index in [1.165, 1.54) is 17.1 Å². The molecule has 7 heteroatoms. The molecule has 0 saturated carbocycles. The van der Waals surface area contributed by atoms with Crippen molar-refractivity contribution in [2.75, 3.05) is 5.01 Å². The molecule has 1 aromatic rings. The predicted molar refractivity (Wildman–Crippen MR) is 71.9 cm³/mol. The number of allylic oxidation sites excluding steroid dienone is 2. The van der Waals surface area contributed by atoms with Crippen LogP contribution in [0.1, 0.15) is 13.8 Å². The van der Waals surface area contributed by atoms with Crippen LogP contribution in [0.3, 0.4) is 0 Å². The van der Waals surface area contributed by atoms with Crippen LogP contribution in [0.2, 0.25) is 15.1 Å². The number of nitrogens with one attached hydrogen (secondary N) is 1. The molecule has 0 aliphatic carbocycles. The van der Waals surface area contributed by atoms with E-state index in [1.807, 2.05) is 0 Å². The van der Waals surface area contributed by atoms with Crippen LogP contribution in [0.4, 0.5) is 10.5 Å². The van der Waals surface area contributed by atoms with Crippen LogP contribution in [0.5, 0.6) is 0 Å². The van der Waals surface area contributed by atoms with Crippen molar-refractivity contribution in [3.63, 3.8) is 0 Å². The molecule has 1 amide bonds. The van der Waals surface area contributed by atoms with Crippen molar-refractivity contribution >= 4 is 46.6 Å². The first-order chi connectivity index (χ1) is 8.40. The topological polar surface area (TPSA) is 41.6 Å². The van der Waals surface area contributed by atoms with E-state index in [0.29, 0.717) is 11.4 Å². The van der Waals surface area contributed by atoms with Gasteiger partial charge in [-0.1, -0.05) is 34.8 Å². The predicted octanol–water partition coefficient (Wildman–Crippen LogP) is 4.36. The second-order valence-corrected chi connectivity index (χ2v) is 4.91. The fourth-order valence-electron chi connectivity index (χ4n) is 1.39. The lowest BCUT2D eigenvalue weighted by atomic mass is 10.3. The molecule has 1 N–H and O–H groups in total. The number of anilines is 1. The highest BCUT2D eigenvalue weighted by atomic mass is 35.5. The third-order valence-corrected chi connectivity index (χ3v) is 3.65. The molecule has 0 bridgehead atoms. The number of hydrogen-bond donors (Lipinski definition) is 1. The average Bonchev–Trinajstić information content (AvgIpc) is 2.30. The van der Waals surface area contributed by atoms with Gasteiger partial charge in [-0.15, -0.1) is 0 Å². The highest BCUT2D eigenvalue weighted by Gasteiger charge is 2.25. The largest absolute Gasteiger partial charge is 0.438 e. The normalized spacial score (nSPS) is 15.6. The lowest BCUT2D eigenvalue weighted by Gasteiger charge is -2.29. The van der Waals surface area contributed by atoms with Crippen molar-refractivity contribution in [2.45, 2.75) is 13.8 Å². The van der Waals surface area contributed by atoms with Crippen LogP contribution in [0.25, 0.3) is 0 Å². The lowest BCUT2D eigenvalue weighted by molar-refractivity contribution is 0.173. The molecule has 0 spiro atoms. The van der Waals surface area contributed by atoms with Crippen molar-refractivity contribution < 1.29 is 9.53 Å². The Morgan fingerprint density at radius 3 is 2.28 bits per heavy atom. The maximum atomic E-state index is 11.7. The van der Waals surface area contributed by atoms with Gasteiger partial charge in [0.15, 0.2) is 0 Å². The van der Waals surface area contributed by atoms with E-state index in [4.69, 9.17) is 39.5 Å². The molecule has 96 valence electrons. The first-order valence-electron chi connectivity index (χ1n) is 5.00. The highest BCUT2D eigenvalue weighted by Crippen LogP contribution is 2.35. The fraction of sp³-hybridized carbons (Fsp3) is 0.182. The van der Waals surface area contributed by atoms with Gasteiger partial charge in [-0.05, 0) is 26.0 Å². The summed E-state index contributed by atoms with van der Waals surface area (Å²) in [5.74, 6) is 0.516. The van der Waals surface area contributed by atoms with Crippen LogP contribution in [0.15, 0.2) is 23.6 Å². The minimum Gasteiger partial charge on any atom is -0.412 e. The average molecular weight is 308 g/mol. The van der Waals surface area contributed by atoms with E-state index in [-0.39, 0.29) is 15.1 Å². The van der Waals surface area contributed by atoms with Gasteiger partial charge in [-0.25, -0.2) is 4.79 Å². The molecular weight excluding hydrogens is 298 g/mol. The zero-order chi connectivity index (χ0) is 13.4. The van der Waals surface area contributed by atoms with E-state index in [9.17, 15) is 4.79 Å². The molecule has 4 nitrogen and oxygen atoms in total. The van der Waals surface area contributed by atoms with Gasteiger partial charge in [0.2, 0.25) is 0 Å². The van der Waals surface area contributed by atoms with Gasteiger partial charge in [0.1, 0.15) is 5.76 Å². The van der Waals surface area contributed by atoms with Gasteiger partial charge in [0.25, 0.3) is 0 Å². The maximum Gasteiger partial charge on any atom is 0.438 e. The van der Waals surface area contributed by atoms with Gasteiger partial charge in [-0.2, -0.15) is 5.01 Å². The molecule has 0 saturated heterocycles. The standard InChI is InChI=1S/C11H9Cl3N2O2/c1-5-6(2)18-11(17)16(15-5)7-3-8(12)10(14)9(13)4-7/h3-4,15H,1-2H3. The monoisotopic (exact) mass is 306 g/mol. The molecule has 0 aromatic heterocycles. The Labute approximate surface area is 119 Å². The molecule has 0 radical (unpaired) electrons. The molecule has 18 heavy (non-hydrogen) atoms. The van der Waals surface area contributed by atoms with Gasteiger partial charge in [-0.3, -0.25) is 5.43 Å². The van der Waals surface area contributed by atoms with E-state index >= 15 is 0 Å². The number of carbonyl (C=O) groups is 1. The second-order valence-electron chi connectivity index (χ2n) is 3.72. The number of hydrogen-bond acceptors (Lipinski definition) is 3. The van der Waals surface area contributed by atoms with Crippen LogP contribution < -0.4 is 10.4 Å². The lowest BCUT2D eigenvalue weighted by Crippen LogP contribution is -2.46. The van der Waals surface area contributed by atoms with Gasteiger partial charge < -0.3 is 4.74 Å². The minimum atomic E-state index is -0.562. The number of carbonyl (C=O) groups excluding carboxylic acids is 1. The molecule has 1 aliphatic rings. The number of benzene rings is 1. The zero-order valence-corrected chi connectivity index (χ0v) is 11.8. The summed E-state index contributed by atoms with van der Waals surface area (Å²) in [5, 5.41) is 1.97. The Balaban J connectivity index is 2.41. The Morgan fingerprint density at radius 2 is 1.72 bits per heavy atom. The molecule has 1 aliphatic heterocycles. The molecule has 0 unspecified atom stereocenters. The quantitative estimate of drug-likeness (QED) is 0.784. The van der Waals surface area contributed by atoms with E-state index in [1.54, 1.807) is 13.8 Å². The molecule has 1 heterocycles. The van der Waals surface area contributed by atoms with Gasteiger partial charge >= 0.3 is 6.09 Å². The minimum absolute atomic E-state index is 0.246. The summed E-state index contributed by atoms with van der Waals surface area (Å²) in [6, 6.07) is 3.05. The van der Waals surface area contributed by atoms with Crippen LogP contribution in [0, 0.1) is 0 Å². The van der Waals surface area contributed by atoms with Crippen molar-refractivity contribution in [3.8, 4) is 0 Å². The van der Waals surface area contributed by atoms with Gasteiger partial charge in [0.05, 0.1) is 26.5 Å². The summed E-state index contributed by atoms with van der Waals surface area (Å²) in [7, 11) is 0. The van der Waals surface area contributed by atoms with Crippen molar-refractivity contribution in [1.82, 2.24) is 5.43 Å². The van der Waals surface area contributed by atoms with E-state index in [2.05, 4.69) is 5.43 Å². The van der Waals surface area contributed by atoms with Crippen LogP contribution >= 0.6 is 34.8 Å². The zero-order valence-electron chi connectivity index (χ0n) is 9.55. The molecule has 0 fully saturated rings. The van der Waals surface area contributed by atoms with Crippen molar-refractivity contribution in [1.29, 1.82) is 0 Å². The number of nitrogens with zero attached hydrogens (tertiary/aromatic N) is 1. The highest BCUT2D eigenvalue weighted by molar-refractivity contribution is 6.48. The second kappa shape index (κ2) is 4.88. The van der Waals surface area contributed by atoms with Crippen molar-refractivity contribution in [2.24, 2.45) is 0 Å². The summed E-state index contributed by atoms with van der Waals surface area (Å²) >= 11 is 17.7. The number of hydrazine groups is 1. The number of halogens is 3. The number of rotatable bonds is 1. The Morgan fingerprint density at radius 1 is 1.17 bits per heavy atom. The number of cyclic esters (lactones) is 1. The molecule has 1 aromatic carbocycles. The summed E-state index contributed by atoms with van der Waals surface area (Å²) in [4.78, 5) is 11.7. The Bertz CT molecular complexity index is 534. The summed E-state index contributed by atoms with van der Waals surface area (Å²) in [6.07, 6.45) is -0.562. The molecule has 2 rings (SSSR count). The first-order valence-corrected chi connectivity index (χ1v) is 6.14. The maximum absolute atomic E-state index is 11.7. The van der Waals surface area contributed by atoms with E-state index < -0.39 is 6.09 Å². The van der Waals surface area contributed by atoms with Crippen molar-refractivity contribution in [3.05, 3.63) is 38.7 Å². The third kappa shape index (κ3) is 2.36. The van der Waals surface area contributed by atoms with Gasteiger partial charge in [0, 0.05) is 0 Å². The molecule has 0 atom stereocenters. The Kier molecular flexibility index (Phi) is 3.61. The fourth-order valence-corrected chi connectivity index (χ4v) is 1.97. The third-order valence-electron chi connectivity index (χ3n) is 2.46. The van der Waals surface area contributed by atoms with E-state index in [0.717, 1.165) is 5.70 Å². The summed E-state index contributed by atoms with van der Waals surface area (Å²) in [5.41, 5.74) is 4.05. The first kappa shape index (κ1) is 13.3. The Hall–Kier alpha value is -1.10. The number of amides is 1. The molecular formula is C11H9Cl3N2O2. The smallest absolute Gasteiger partial charge is 0.412 e. The summed E-state index contributed by atoms with van der Waals surface area (Å²) < 4.78 is 5.06.